The zero-order valence-corrected chi connectivity index (χ0v) is 14.0. The van der Waals surface area contributed by atoms with Crippen molar-refractivity contribution < 1.29 is 9.59 Å². The molecule has 2 heterocycles. The Bertz CT molecular complexity index is 737. The fourth-order valence-electron chi connectivity index (χ4n) is 2.82. The van der Waals surface area contributed by atoms with Crippen LogP contribution in [0.5, 0.6) is 0 Å². The molecule has 24 heavy (non-hydrogen) atoms. The highest BCUT2D eigenvalue weighted by Gasteiger charge is 2.29. The summed E-state index contributed by atoms with van der Waals surface area (Å²) < 4.78 is 1.81. The molecule has 2 aromatic rings. The summed E-state index contributed by atoms with van der Waals surface area (Å²) in [4.78, 5) is 24.3. The Morgan fingerprint density at radius 2 is 2.04 bits per heavy atom. The van der Waals surface area contributed by atoms with Crippen molar-refractivity contribution in [1.82, 2.24) is 20.4 Å². The van der Waals surface area contributed by atoms with Crippen LogP contribution < -0.4 is 10.6 Å². The largest absolute Gasteiger partial charge is 0.351 e. The van der Waals surface area contributed by atoms with Crippen molar-refractivity contribution in [2.24, 2.45) is 5.92 Å². The number of carbonyl (C=O) groups is 2. The number of benzene rings is 1. The fraction of sp³-hybridized carbons (Fsp3) is 0.389. The Hall–Kier alpha value is -2.63. The molecule has 2 amide bonds. The molecule has 2 N–H and O–H groups in total. The van der Waals surface area contributed by atoms with E-state index >= 15 is 0 Å². The summed E-state index contributed by atoms with van der Waals surface area (Å²) in [7, 11) is 0. The first kappa shape index (κ1) is 16.2. The fourth-order valence-corrected chi connectivity index (χ4v) is 2.82. The molecule has 6 nitrogen and oxygen atoms in total. The molecule has 1 aliphatic heterocycles. The van der Waals surface area contributed by atoms with Crippen molar-refractivity contribution in [3.05, 3.63) is 53.3 Å². The Morgan fingerprint density at radius 3 is 2.75 bits per heavy atom. The second-order valence-corrected chi connectivity index (χ2v) is 6.42. The predicted octanol–water partition coefficient (Wildman–Crippen LogP) is 1.51. The topological polar surface area (TPSA) is 76.0 Å². The third-order valence-corrected chi connectivity index (χ3v) is 4.19. The van der Waals surface area contributed by atoms with Gasteiger partial charge in [0.25, 0.3) is 5.91 Å². The van der Waals surface area contributed by atoms with Gasteiger partial charge < -0.3 is 10.6 Å². The van der Waals surface area contributed by atoms with E-state index in [-0.39, 0.29) is 23.8 Å². The number of nitrogens with one attached hydrogen (secondary N) is 2. The molecular weight excluding hydrogens is 304 g/mol. The van der Waals surface area contributed by atoms with Crippen LogP contribution >= 0.6 is 0 Å². The number of hydrogen-bond donors (Lipinski definition) is 2. The van der Waals surface area contributed by atoms with Gasteiger partial charge in [0.05, 0.1) is 30.0 Å². The second kappa shape index (κ2) is 6.86. The van der Waals surface area contributed by atoms with E-state index in [2.05, 4.69) is 15.7 Å². The number of nitrogens with zero attached hydrogens (tertiary/aromatic N) is 2. The van der Waals surface area contributed by atoms with E-state index < -0.39 is 0 Å². The number of aromatic nitrogens is 2. The molecule has 0 fully saturated rings. The van der Waals surface area contributed by atoms with Gasteiger partial charge in [-0.2, -0.15) is 5.10 Å². The number of fused-ring (bicyclic) bond motifs is 1. The van der Waals surface area contributed by atoms with Gasteiger partial charge in [-0.05, 0) is 5.56 Å². The molecule has 0 spiro atoms. The van der Waals surface area contributed by atoms with Gasteiger partial charge >= 0.3 is 0 Å². The standard InChI is InChI=1S/C18H22N4O2/c1-12(2)17(23)21-14-8-16-15(10-20-22(16)11-14)18(24)19-9-13-6-4-3-5-7-13/h3-7,10,12,14H,8-9,11H2,1-2H3,(H,19,24)(H,21,23)/t14-/m0/s1. The van der Waals surface area contributed by atoms with Crippen molar-refractivity contribution in [2.75, 3.05) is 0 Å². The lowest BCUT2D eigenvalue weighted by atomic mass is 10.1. The van der Waals surface area contributed by atoms with Crippen LogP contribution in [0.1, 0.15) is 35.5 Å². The normalized spacial score (nSPS) is 16.0. The number of amides is 2. The maximum Gasteiger partial charge on any atom is 0.255 e. The van der Waals surface area contributed by atoms with Gasteiger partial charge in [-0.1, -0.05) is 44.2 Å². The molecule has 1 aromatic heterocycles. The zero-order chi connectivity index (χ0) is 17.1. The van der Waals surface area contributed by atoms with Gasteiger partial charge in [0.15, 0.2) is 0 Å². The maximum absolute atomic E-state index is 12.4. The molecule has 1 aromatic carbocycles. The van der Waals surface area contributed by atoms with Gasteiger partial charge in [-0.3, -0.25) is 14.3 Å². The number of carbonyl (C=O) groups excluding carboxylic acids is 2. The second-order valence-electron chi connectivity index (χ2n) is 6.42. The summed E-state index contributed by atoms with van der Waals surface area (Å²) in [6, 6.07) is 9.79. The zero-order valence-electron chi connectivity index (χ0n) is 14.0. The van der Waals surface area contributed by atoms with Gasteiger partial charge in [0.1, 0.15) is 0 Å². The minimum absolute atomic E-state index is 0.00396. The molecule has 1 atom stereocenters. The number of rotatable bonds is 5. The van der Waals surface area contributed by atoms with Crippen molar-refractivity contribution >= 4 is 11.8 Å². The summed E-state index contributed by atoms with van der Waals surface area (Å²) in [6.45, 7) is 4.83. The van der Waals surface area contributed by atoms with E-state index in [4.69, 9.17) is 0 Å². The van der Waals surface area contributed by atoms with Crippen LogP contribution in [0.4, 0.5) is 0 Å². The Labute approximate surface area is 141 Å². The lowest BCUT2D eigenvalue weighted by Crippen LogP contribution is -2.38. The SMILES string of the molecule is CC(C)C(=O)N[C@H]1Cc2c(C(=O)NCc3ccccc3)cnn2C1. The molecule has 0 saturated heterocycles. The van der Waals surface area contributed by atoms with E-state index in [0.717, 1.165) is 11.3 Å². The highest BCUT2D eigenvalue weighted by molar-refractivity contribution is 5.95. The third-order valence-electron chi connectivity index (χ3n) is 4.19. The van der Waals surface area contributed by atoms with Crippen LogP contribution in [0.3, 0.4) is 0 Å². The van der Waals surface area contributed by atoms with Gasteiger partial charge in [0, 0.05) is 18.9 Å². The molecule has 3 rings (SSSR count). The van der Waals surface area contributed by atoms with Crippen molar-refractivity contribution in [3.8, 4) is 0 Å². The van der Waals surface area contributed by atoms with Crippen molar-refractivity contribution in [2.45, 2.75) is 39.4 Å². The summed E-state index contributed by atoms with van der Waals surface area (Å²) in [6.07, 6.45) is 2.24. The van der Waals surface area contributed by atoms with Crippen molar-refractivity contribution in [1.29, 1.82) is 0 Å². The smallest absolute Gasteiger partial charge is 0.255 e. The molecule has 0 unspecified atom stereocenters. The summed E-state index contributed by atoms with van der Waals surface area (Å²) in [5, 5.41) is 10.2. The maximum atomic E-state index is 12.4. The predicted molar refractivity (Wildman–Crippen MR) is 90.3 cm³/mol. The Morgan fingerprint density at radius 1 is 1.29 bits per heavy atom. The van der Waals surface area contributed by atoms with Crippen LogP contribution in [0.25, 0.3) is 0 Å². The highest BCUT2D eigenvalue weighted by Crippen LogP contribution is 2.19. The highest BCUT2D eigenvalue weighted by atomic mass is 16.2. The van der Waals surface area contributed by atoms with E-state index in [0.29, 0.717) is 25.1 Å². The Balaban J connectivity index is 1.62. The molecule has 126 valence electrons. The molecule has 6 heteroatoms. The van der Waals surface area contributed by atoms with Gasteiger partial charge in [-0.25, -0.2) is 0 Å². The monoisotopic (exact) mass is 326 g/mol. The molecule has 0 bridgehead atoms. The van der Waals surface area contributed by atoms with E-state index in [1.807, 2.05) is 48.9 Å². The average Bonchev–Trinajstić information content (AvgIpc) is 3.13. The molecule has 0 saturated carbocycles. The van der Waals surface area contributed by atoms with E-state index in [9.17, 15) is 9.59 Å². The van der Waals surface area contributed by atoms with Crippen LogP contribution in [0.15, 0.2) is 36.5 Å². The molecule has 0 aliphatic carbocycles. The third kappa shape index (κ3) is 3.48. The Kier molecular flexibility index (Phi) is 4.64. The van der Waals surface area contributed by atoms with Crippen LogP contribution in [0, 0.1) is 5.92 Å². The average molecular weight is 326 g/mol. The molecule has 0 radical (unpaired) electrons. The van der Waals surface area contributed by atoms with E-state index in [1.54, 1.807) is 6.20 Å². The first-order valence-corrected chi connectivity index (χ1v) is 8.21. The first-order chi connectivity index (χ1) is 11.5. The van der Waals surface area contributed by atoms with Crippen molar-refractivity contribution in [3.63, 3.8) is 0 Å². The quantitative estimate of drug-likeness (QED) is 0.874. The van der Waals surface area contributed by atoms with Crippen LogP contribution in [-0.2, 0) is 24.3 Å². The van der Waals surface area contributed by atoms with Gasteiger partial charge in [0.2, 0.25) is 5.91 Å². The molecular formula is C18H22N4O2. The lowest BCUT2D eigenvalue weighted by Gasteiger charge is -2.13. The number of hydrogen-bond acceptors (Lipinski definition) is 3. The first-order valence-electron chi connectivity index (χ1n) is 8.21. The van der Waals surface area contributed by atoms with E-state index in [1.165, 1.54) is 0 Å². The summed E-state index contributed by atoms with van der Waals surface area (Å²) >= 11 is 0. The summed E-state index contributed by atoms with van der Waals surface area (Å²) in [5.41, 5.74) is 2.53. The minimum Gasteiger partial charge on any atom is -0.351 e. The summed E-state index contributed by atoms with van der Waals surface area (Å²) in [5.74, 6) is -0.150. The van der Waals surface area contributed by atoms with Crippen LogP contribution in [-0.4, -0.2) is 27.6 Å². The minimum atomic E-state index is -0.129. The van der Waals surface area contributed by atoms with Crippen LogP contribution in [0.2, 0.25) is 0 Å². The van der Waals surface area contributed by atoms with Gasteiger partial charge in [-0.15, -0.1) is 0 Å². The lowest BCUT2D eigenvalue weighted by molar-refractivity contribution is -0.124. The molecule has 1 aliphatic rings.